The average molecular weight is 557 g/mol. The molecule has 4 atom stereocenters. The van der Waals surface area contributed by atoms with Gasteiger partial charge in [0.2, 0.25) is 0 Å². The molecule has 0 saturated carbocycles. The summed E-state index contributed by atoms with van der Waals surface area (Å²) in [7, 11) is -1.42. The van der Waals surface area contributed by atoms with E-state index in [1.54, 1.807) is 29.7 Å². The third-order valence-corrected chi connectivity index (χ3v) is 8.86. The van der Waals surface area contributed by atoms with Gasteiger partial charge < -0.3 is 16.0 Å². The summed E-state index contributed by atoms with van der Waals surface area (Å²) in [5, 5.41) is 15.3. The lowest BCUT2D eigenvalue weighted by atomic mass is 9.87. The molecule has 1 aromatic carbocycles. The van der Waals surface area contributed by atoms with Crippen LogP contribution in [-0.4, -0.2) is 70.2 Å². The molecule has 0 spiro atoms. The number of anilines is 1. The number of piperidine rings is 1. The predicted molar refractivity (Wildman–Crippen MR) is 150 cm³/mol. The Bertz CT molecular complexity index is 1620. The molecule has 4 aromatic rings. The second-order valence-electron chi connectivity index (χ2n) is 10.2. The zero-order valence-corrected chi connectivity index (χ0v) is 22.6. The van der Waals surface area contributed by atoms with Gasteiger partial charge in [0.25, 0.3) is 5.91 Å². The van der Waals surface area contributed by atoms with Crippen LogP contribution in [0.5, 0.6) is 0 Å². The normalized spacial score (nSPS) is 21.7. The van der Waals surface area contributed by atoms with Crippen molar-refractivity contribution < 1.29 is 9.00 Å². The molecular formula is C27H28N10O2S. The Morgan fingerprint density at radius 2 is 1.80 bits per heavy atom. The number of benzene rings is 1. The number of carbonyl (C=O) groups excluding carboxylic acids is 1. The number of nitrogens with one attached hydrogen (secondary N) is 2. The molecule has 4 unspecified atom stereocenters. The number of nitrogens with two attached hydrogens (primary N) is 1. The smallest absolute Gasteiger partial charge is 0.255 e. The molecule has 1 amide bonds. The zero-order chi connectivity index (χ0) is 28.0. The quantitative estimate of drug-likeness (QED) is 0.230. The summed E-state index contributed by atoms with van der Waals surface area (Å²) in [5.41, 5.74) is 17.4. The highest BCUT2D eigenvalue weighted by molar-refractivity contribution is 7.84. The van der Waals surface area contributed by atoms with E-state index < -0.39 is 16.8 Å². The van der Waals surface area contributed by atoms with Crippen LogP contribution in [0, 0.1) is 10.9 Å². The van der Waals surface area contributed by atoms with Crippen LogP contribution in [0.2, 0.25) is 0 Å². The minimum absolute atomic E-state index is 0.0684. The molecule has 2 aliphatic rings. The lowest BCUT2D eigenvalue weighted by Gasteiger charge is -2.39. The molecule has 5 heterocycles. The molecule has 0 radical (unpaired) electrons. The van der Waals surface area contributed by atoms with E-state index in [2.05, 4.69) is 20.2 Å². The van der Waals surface area contributed by atoms with Gasteiger partial charge in [0, 0.05) is 59.6 Å². The summed E-state index contributed by atoms with van der Waals surface area (Å²) in [6, 6.07) is 8.48. The highest BCUT2D eigenvalue weighted by Gasteiger charge is 2.46. The van der Waals surface area contributed by atoms with Gasteiger partial charge in [-0.1, -0.05) is 30.3 Å². The standard InChI is InChI=1S/C27H28N10O2S/c1-40(39)23-22(16-9-18-7-8-19(10-16)36(18)27(38)21(11-28)35-30)34-26-20(14-33-37(26)24(23)29)17-12-31-25(32-13-17)15-5-3-2-4-6-15/h2-6,11-14,16,18-19,21,28,30H,7-10,29H2,1H3. The van der Waals surface area contributed by atoms with Crippen LogP contribution in [0.25, 0.3) is 28.2 Å². The van der Waals surface area contributed by atoms with E-state index in [4.69, 9.17) is 21.7 Å². The molecule has 4 N–H and O–H groups in total. The number of fused-ring (bicyclic) bond motifs is 3. The molecule has 6 rings (SSSR count). The fourth-order valence-electron chi connectivity index (χ4n) is 6.07. The molecule has 3 aromatic heterocycles. The molecular weight excluding hydrogens is 528 g/mol. The van der Waals surface area contributed by atoms with Gasteiger partial charge in [0.05, 0.1) is 22.7 Å². The first kappa shape index (κ1) is 25.9. The number of carbonyl (C=O) groups is 1. The number of hydrogen-bond donors (Lipinski definition) is 3. The van der Waals surface area contributed by atoms with Gasteiger partial charge in [0.1, 0.15) is 10.7 Å². The molecule has 0 aliphatic carbocycles. The van der Waals surface area contributed by atoms with Crippen LogP contribution >= 0.6 is 0 Å². The van der Waals surface area contributed by atoms with Gasteiger partial charge in [-0.25, -0.2) is 20.5 Å². The first-order chi connectivity index (χ1) is 19.4. The van der Waals surface area contributed by atoms with E-state index >= 15 is 0 Å². The lowest BCUT2D eigenvalue weighted by Crippen LogP contribution is -2.50. The summed E-state index contributed by atoms with van der Waals surface area (Å²) in [5.74, 6) is 0.503. The third kappa shape index (κ3) is 4.26. The maximum atomic E-state index is 13.0. The number of rotatable bonds is 7. The van der Waals surface area contributed by atoms with E-state index in [0.717, 1.165) is 30.2 Å². The van der Waals surface area contributed by atoms with Crippen LogP contribution in [-0.2, 0) is 15.6 Å². The largest absolute Gasteiger partial charge is 0.383 e. The van der Waals surface area contributed by atoms with Crippen molar-refractivity contribution in [3.05, 3.63) is 54.6 Å². The van der Waals surface area contributed by atoms with Crippen molar-refractivity contribution in [2.24, 2.45) is 5.11 Å². The Labute approximate surface area is 232 Å². The van der Waals surface area contributed by atoms with Gasteiger partial charge in [-0.15, -0.1) is 0 Å². The van der Waals surface area contributed by atoms with E-state index in [1.807, 2.05) is 30.3 Å². The third-order valence-electron chi connectivity index (χ3n) is 7.87. The van der Waals surface area contributed by atoms with Gasteiger partial charge in [-0.2, -0.15) is 14.7 Å². The van der Waals surface area contributed by atoms with Gasteiger partial charge in [-0.05, 0) is 25.7 Å². The maximum absolute atomic E-state index is 13.0. The van der Waals surface area contributed by atoms with Crippen molar-refractivity contribution >= 4 is 34.4 Å². The minimum atomic E-state index is -1.42. The van der Waals surface area contributed by atoms with Gasteiger partial charge >= 0.3 is 0 Å². The summed E-state index contributed by atoms with van der Waals surface area (Å²) >= 11 is 0. The van der Waals surface area contributed by atoms with E-state index in [9.17, 15) is 9.00 Å². The number of nitrogen functional groups attached to an aromatic ring is 1. The SMILES string of the molecule is CS(=O)c1c(C2CC3CCC(C2)N3C(=O)C(C=N)N=N)nc2c(-c3cnc(-c4ccccc4)nc3)cnn2c1N. The van der Waals surface area contributed by atoms with Crippen LogP contribution in [0.15, 0.2) is 58.9 Å². The lowest BCUT2D eigenvalue weighted by molar-refractivity contribution is -0.135. The molecule has 13 heteroatoms. The Hall–Kier alpha value is -4.39. The maximum Gasteiger partial charge on any atom is 0.255 e. The fourth-order valence-corrected chi connectivity index (χ4v) is 6.96. The van der Waals surface area contributed by atoms with Crippen molar-refractivity contribution in [2.75, 3.05) is 12.0 Å². The molecule has 2 aliphatic heterocycles. The Morgan fingerprint density at radius 1 is 1.12 bits per heavy atom. The first-order valence-electron chi connectivity index (χ1n) is 13.0. The van der Waals surface area contributed by atoms with Gasteiger partial charge in [-0.3, -0.25) is 9.00 Å². The topological polar surface area (TPSA) is 179 Å². The van der Waals surface area contributed by atoms with Crippen molar-refractivity contribution in [1.82, 2.24) is 29.5 Å². The summed E-state index contributed by atoms with van der Waals surface area (Å²) in [6.45, 7) is 0. The molecule has 12 nitrogen and oxygen atoms in total. The van der Waals surface area contributed by atoms with Crippen molar-refractivity contribution in [3.63, 3.8) is 0 Å². The van der Waals surface area contributed by atoms with Crippen LogP contribution in [0.3, 0.4) is 0 Å². The number of aromatic nitrogens is 5. The summed E-state index contributed by atoms with van der Waals surface area (Å²) in [4.78, 5) is 29.4. The monoisotopic (exact) mass is 556 g/mol. The minimum Gasteiger partial charge on any atom is -0.383 e. The molecule has 204 valence electrons. The molecule has 2 fully saturated rings. The second-order valence-corrected chi connectivity index (χ2v) is 11.5. The Balaban J connectivity index is 1.38. The van der Waals surface area contributed by atoms with Crippen molar-refractivity contribution in [3.8, 4) is 22.5 Å². The molecule has 2 bridgehead atoms. The van der Waals surface area contributed by atoms with Crippen LogP contribution in [0.4, 0.5) is 5.82 Å². The van der Waals surface area contributed by atoms with E-state index in [1.165, 1.54) is 4.52 Å². The average Bonchev–Trinajstić information content (AvgIpc) is 3.52. The second kappa shape index (κ2) is 10.3. The highest BCUT2D eigenvalue weighted by Crippen LogP contribution is 2.45. The first-order valence-corrected chi connectivity index (χ1v) is 14.5. The molecule has 40 heavy (non-hydrogen) atoms. The Kier molecular flexibility index (Phi) is 6.66. The van der Waals surface area contributed by atoms with E-state index in [-0.39, 0.29) is 29.7 Å². The predicted octanol–water partition coefficient (Wildman–Crippen LogP) is 3.46. The van der Waals surface area contributed by atoms with Gasteiger partial charge in [0.15, 0.2) is 17.5 Å². The number of hydrogen-bond acceptors (Lipinski definition) is 10. The van der Waals surface area contributed by atoms with Crippen LogP contribution in [0.1, 0.15) is 37.3 Å². The summed E-state index contributed by atoms with van der Waals surface area (Å²) < 4.78 is 14.5. The van der Waals surface area contributed by atoms with E-state index in [0.29, 0.717) is 40.5 Å². The Morgan fingerprint density at radius 3 is 2.40 bits per heavy atom. The fraction of sp³-hybridized carbons (Fsp3) is 0.333. The number of amides is 1. The number of nitrogens with zero attached hydrogens (tertiary/aromatic N) is 7. The molecule has 2 saturated heterocycles. The van der Waals surface area contributed by atoms with Crippen molar-refractivity contribution in [1.29, 1.82) is 10.9 Å². The zero-order valence-electron chi connectivity index (χ0n) is 21.8. The summed E-state index contributed by atoms with van der Waals surface area (Å²) in [6.07, 6.45) is 10.5. The highest BCUT2D eigenvalue weighted by atomic mass is 32.2. The van der Waals surface area contributed by atoms with Crippen molar-refractivity contribution in [2.45, 2.75) is 54.6 Å². The van der Waals surface area contributed by atoms with Crippen LogP contribution < -0.4 is 5.73 Å².